The first-order chi connectivity index (χ1) is 10.6. The van der Waals surface area contributed by atoms with E-state index in [9.17, 15) is 9.59 Å². The summed E-state index contributed by atoms with van der Waals surface area (Å²) in [7, 11) is 0. The Hall–Kier alpha value is -1.11. The van der Waals surface area contributed by atoms with Gasteiger partial charge >= 0.3 is 0 Å². The van der Waals surface area contributed by atoms with Crippen LogP contribution in [0.3, 0.4) is 0 Å². The Labute approximate surface area is 151 Å². The molecule has 2 unspecified atom stereocenters. The fourth-order valence-electron chi connectivity index (χ4n) is 2.51. The quantitative estimate of drug-likeness (QED) is 0.705. The lowest BCUT2D eigenvalue weighted by Gasteiger charge is -2.30. The van der Waals surface area contributed by atoms with E-state index in [0.717, 1.165) is 23.9 Å². The molecule has 0 radical (unpaired) electrons. The van der Waals surface area contributed by atoms with Crippen LogP contribution >= 0.6 is 28.3 Å². The molecular formula is C16H23BrClN3O2. The number of amides is 2. The molecule has 23 heavy (non-hydrogen) atoms. The van der Waals surface area contributed by atoms with Crippen LogP contribution in [0.1, 0.15) is 36.5 Å². The second-order valence-electron chi connectivity index (χ2n) is 5.57. The summed E-state index contributed by atoms with van der Waals surface area (Å²) in [5.41, 5.74) is 0.591. The number of hydrogen-bond acceptors (Lipinski definition) is 3. The Morgan fingerprint density at radius 3 is 2.65 bits per heavy atom. The van der Waals surface area contributed by atoms with Gasteiger partial charge in [-0.2, -0.15) is 0 Å². The number of carbonyl (C=O) groups excluding carboxylic acids is 2. The van der Waals surface area contributed by atoms with Crippen molar-refractivity contribution in [2.45, 2.75) is 38.3 Å². The third kappa shape index (κ3) is 6.49. The Kier molecular flexibility index (Phi) is 8.58. The van der Waals surface area contributed by atoms with Crippen LogP contribution < -0.4 is 16.0 Å². The Morgan fingerprint density at radius 2 is 2.00 bits per heavy atom. The van der Waals surface area contributed by atoms with Gasteiger partial charge in [-0.25, -0.2) is 0 Å². The predicted molar refractivity (Wildman–Crippen MR) is 97.0 cm³/mol. The van der Waals surface area contributed by atoms with Crippen molar-refractivity contribution in [3.63, 3.8) is 0 Å². The predicted octanol–water partition coefficient (Wildman–Crippen LogP) is 2.25. The number of piperidine rings is 1. The number of rotatable bonds is 5. The van der Waals surface area contributed by atoms with Crippen molar-refractivity contribution in [1.29, 1.82) is 0 Å². The van der Waals surface area contributed by atoms with Gasteiger partial charge in [0.15, 0.2) is 0 Å². The molecule has 0 saturated carbocycles. The molecule has 0 aromatic heterocycles. The van der Waals surface area contributed by atoms with Gasteiger partial charge < -0.3 is 16.0 Å². The SMILES string of the molecule is CC1NCCCC1NC(=O)CCNC(=O)c1ccc(Br)cc1.Cl. The van der Waals surface area contributed by atoms with Crippen molar-refractivity contribution >= 4 is 40.2 Å². The van der Waals surface area contributed by atoms with Crippen LogP contribution in [0.2, 0.25) is 0 Å². The highest BCUT2D eigenvalue weighted by molar-refractivity contribution is 9.10. The largest absolute Gasteiger partial charge is 0.352 e. The monoisotopic (exact) mass is 403 g/mol. The van der Waals surface area contributed by atoms with Crippen LogP contribution in [-0.2, 0) is 4.79 Å². The van der Waals surface area contributed by atoms with Crippen molar-refractivity contribution in [3.05, 3.63) is 34.3 Å². The molecule has 7 heteroatoms. The Balaban J connectivity index is 0.00000264. The Morgan fingerprint density at radius 1 is 1.30 bits per heavy atom. The molecule has 5 nitrogen and oxygen atoms in total. The van der Waals surface area contributed by atoms with Crippen molar-refractivity contribution in [3.8, 4) is 0 Å². The summed E-state index contributed by atoms with van der Waals surface area (Å²) in [5, 5.41) is 9.15. The van der Waals surface area contributed by atoms with E-state index in [1.165, 1.54) is 0 Å². The van der Waals surface area contributed by atoms with Crippen molar-refractivity contribution < 1.29 is 9.59 Å². The second kappa shape index (κ2) is 9.90. The van der Waals surface area contributed by atoms with E-state index in [4.69, 9.17) is 0 Å². The molecule has 128 valence electrons. The maximum atomic E-state index is 11.9. The van der Waals surface area contributed by atoms with Crippen LogP contribution in [-0.4, -0.2) is 37.0 Å². The van der Waals surface area contributed by atoms with Gasteiger partial charge in [0.2, 0.25) is 5.91 Å². The van der Waals surface area contributed by atoms with Gasteiger partial charge in [-0.15, -0.1) is 12.4 Å². The summed E-state index contributed by atoms with van der Waals surface area (Å²) < 4.78 is 0.929. The van der Waals surface area contributed by atoms with Crippen molar-refractivity contribution in [1.82, 2.24) is 16.0 Å². The lowest BCUT2D eigenvalue weighted by atomic mass is 10.00. The molecular weight excluding hydrogens is 382 g/mol. The molecule has 1 aromatic carbocycles. The number of nitrogens with one attached hydrogen (secondary N) is 3. The molecule has 1 aliphatic heterocycles. The summed E-state index contributed by atoms with van der Waals surface area (Å²) in [5.74, 6) is -0.176. The van der Waals surface area contributed by atoms with Crippen molar-refractivity contribution in [2.75, 3.05) is 13.1 Å². The minimum absolute atomic E-state index is 0. The van der Waals surface area contributed by atoms with Gasteiger partial charge in [0, 0.05) is 35.1 Å². The zero-order valence-electron chi connectivity index (χ0n) is 13.1. The van der Waals surface area contributed by atoms with Gasteiger partial charge in [0.25, 0.3) is 5.91 Å². The van der Waals surface area contributed by atoms with E-state index in [1.807, 2.05) is 12.1 Å². The highest BCUT2D eigenvalue weighted by Crippen LogP contribution is 2.10. The summed E-state index contributed by atoms with van der Waals surface area (Å²) in [4.78, 5) is 23.8. The highest BCUT2D eigenvalue weighted by Gasteiger charge is 2.22. The zero-order valence-corrected chi connectivity index (χ0v) is 15.5. The molecule has 1 aliphatic rings. The van der Waals surface area contributed by atoms with Gasteiger partial charge in [-0.1, -0.05) is 15.9 Å². The molecule has 1 fully saturated rings. The fourth-order valence-corrected chi connectivity index (χ4v) is 2.78. The van der Waals surface area contributed by atoms with E-state index in [0.29, 0.717) is 24.6 Å². The minimum Gasteiger partial charge on any atom is -0.352 e. The van der Waals surface area contributed by atoms with Gasteiger partial charge in [0.1, 0.15) is 0 Å². The molecule has 0 spiro atoms. The fraction of sp³-hybridized carbons (Fsp3) is 0.500. The molecule has 0 aliphatic carbocycles. The summed E-state index contributed by atoms with van der Waals surface area (Å²) in [6.45, 7) is 3.44. The summed E-state index contributed by atoms with van der Waals surface area (Å²) >= 11 is 3.33. The molecule has 2 amide bonds. The summed E-state index contributed by atoms with van der Waals surface area (Å²) in [6, 6.07) is 7.61. The van der Waals surface area contributed by atoms with Gasteiger partial charge in [0.05, 0.1) is 0 Å². The first kappa shape index (κ1) is 19.9. The maximum Gasteiger partial charge on any atom is 0.251 e. The molecule has 3 N–H and O–H groups in total. The number of halogens is 2. The molecule has 0 bridgehead atoms. The topological polar surface area (TPSA) is 70.2 Å². The van der Waals surface area contributed by atoms with E-state index in [1.54, 1.807) is 12.1 Å². The maximum absolute atomic E-state index is 11.9. The van der Waals surface area contributed by atoms with Crippen LogP contribution in [0.25, 0.3) is 0 Å². The standard InChI is InChI=1S/C16H22BrN3O2.ClH/c1-11-14(3-2-9-18-11)20-15(21)8-10-19-16(22)12-4-6-13(17)7-5-12;/h4-7,11,14,18H,2-3,8-10H2,1H3,(H,19,22)(H,20,21);1H. The lowest BCUT2D eigenvalue weighted by molar-refractivity contribution is -0.122. The summed E-state index contributed by atoms with van der Waals surface area (Å²) in [6.07, 6.45) is 2.38. The second-order valence-corrected chi connectivity index (χ2v) is 6.49. The molecule has 2 atom stereocenters. The molecule has 1 heterocycles. The van der Waals surface area contributed by atoms with Gasteiger partial charge in [-0.05, 0) is 50.6 Å². The average molecular weight is 405 g/mol. The normalized spacial score (nSPS) is 20.3. The third-order valence-corrected chi connectivity index (χ3v) is 4.38. The van der Waals surface area contributed by atoms with Crippen LogP contribution in [0.4, 0.5) is 0 Å². The van der Waals surface area contributed by atoms with Crippen molar-refractivity contribution in [2.24, 2.45) is 0 Å². The number of benzene rings is 1. The first-order valence-electron chi connectivity index (χ1n) is 7.63. The molecule has 1 saturated heterocycles. The molecule has 2 rings (SSSR count). The van der Waals surface area contributed by atoms with Gasteiger partial charge in [-0.3, -0.25) is 9.59 Å². The van der Waals surface area contributed by atoms with Crippen LogP contribution in [0.5, 0.6) is 0 Å². The van der Waals surface area contributed by atoms with E-state index < -0.39 is 0 Å². The zero-order chi connectivity index (χ0) is 15.9. The van der Waals surface area contributed by atoms with Crippen LogP contribution in [0.15, 0.2) is 28.7 Å². The number of hydrogen-bond donors (Lipinski definition) is 3. The van der Waals surface area contributed by atoms with Crippen LogP contribution in [0, 0.1) is 0 Å². The van der Waals surface area contributed by atoms with E-state index in [2.05, 4.69) is 38.8 Å². The van der Waals surface area contributed by atoms with E-state index >= 15 is 0 Å². The highest BCUT2D eigenvalue weighted by atomic mass is 79.9. The minimum atomic E-state index is -0.159. The Bertz CT molecular complexity index is 525. The lowest BCUT2D eigenvalue weighted by Crippen LogP contribution is -2.52. The smallest absolute Gasteiger partial charge is 0.251 e. The van der Waals surface area contributed by atoms with E-state index in [-0.39, 0.29) is 30.3 Å². The first-order valence-corrected chi connectivity index (χ1v) is 8.42. The molecule has 1 aromatic rings. The third-order valence-electron chi connectivity index (χ3n) is 3.85. The average Bonchev–Trinajstić information content (AvgIpc) is 2.50. The number of carbonyl (C=O) groups is 2.